The highest BCUT2D eigenvalue weighted by atomic mass is 32.2. The number of aromatic carboxylic acids is 1. The van der Waals surface area contributed by atoms with Crippen LogP contribution in [0.25, 0.3) is 0 Å². The number of hydrogen-bond acceptors (Lipinski definition) is 4. The molecule has 8 heteroatoms. The maximum Gasteiger partial charge on any atom is 0.337 e. The van der Waals surface area contributed by atoms with Gasteiger partial charge in [-0.15, -0.1) is 0 Å². The lowest BCUT2D eigenvalue weighted by Crippen LogP contribution is -2.26. The first-order valence-electron chi connectivity index (χ1n) is 8.69. The first-order chi connectivity index (χ1) is 12.8. The Labute approximate surface area is 158 Å². The van der Waals surface area contributed by atoms with Gasteiger partial charge >= 0.3 is 5.97 Å². The molecule has 0 unspecified atom stereocenters. The first kappa shape index (κ1) is 20.7. The summed E-state index contributed by atoms with van der Waals surface area (Å²) in [7, 11) is -3.95. The number of anilines is 2. The maximum atomic E-state index is 13.0. The van der Waals surface area contributed by atoms with Gasteiger partial charge in [-0.3, -0.25) is 4.72 Å². The van der Waals surface area contributed by atoms with Gasteiger partial charge in [-0.05, 0) is 55.8 Å². The number of rotatable bonds is 9. The monoisotopic (exact) mass is 394 g/mol. The highest BCUT2D eigenvalue weighted by molar-refractivity contribution is 7.92. The lowest BCUT2D eigenvalue weighted by molar-refractivity contribution is 0.0697. The van der Waals surface area contributed by atoms with Crippen LogP contribution in [0.1, 0.15) is 37.0 Å². The average Bonchev–Trinajstić information content (AvgIpc) is 2.63. The molecule has 0 heterocycles. The topological polar surface area (TPSA) is 86.7 Å². The lowest BCUT2D eigenvalue weighted by atomic mass is 10.1. The number of benzene rings is 2. The molecular weight excluding hydrogens is 371 g/mol. The van der Waals surface area contributed by atoms with Gasteiger partial charge in [-0.25, -0.2) is 17.6 Å². The van der Waals surface area contributed by atoms with Crippen LogP contribution in [-0.4, -0.2) is 32.6 Å². The predicted molar refractivity (Wildman–Crippen MR) is 103 cm³/mol. The van der Waals surface area contributed by atoms with Crippen molar-refractivity contribution in [2.75, 3.05) is 22.7 Å². The molecule has 0 saturated heterocycles. The fourth-order valence-electron chi connectivity index (χ4n) is 2.67. The SMILES string of the molecule is CCCCN(CC)c1ccc(NS(=O)(=O)c2ccc(F)cc2)cc1C(=O)O. The van der Waals surface area contributed by atoms with E-state index in [0.29, 0.717) is 18.8 Å². The molecule has 0 amide bonds. The van der Waals surface area contributed by atoms with Crippen LogP contribution < -0.4 is 9.62 Å². The Kier molecular flexibility index (Phi) is 6.79. The van der Waals surface area contributed by atoms with E-state index >= 15 is 0 Å². The highest BCUT2D eigenvalue weighted by Gasteiger charge is 2.19. The quantitative estimate of drug-likeness (QED) is 0.672. The van der Waals surface area contributed by atoms with Crippen molar-refractivity contribution in [3.63, 3.8) is 0 Å². The van der Waals surface area contributed by atoms with E-state index in [1.165, 1.54) is 12.1 Å². The maximum absolute atomic E-state index is 13.0. The molecular formula is C19H23FN2O4S. The number of carboxylic acid groups (broad SMARTS) is 1. The summed E-state index contributed by atoms with van der Waals surface area (Å²) in [6.45, 7) is 5.35. The Morgan fingerprint density at radius 3 is 2.37 bits per heavy atom. The zero-order valence-electron chi connectivity index (χ0n) is 15.3. The third-order valence-electron chi connectivity index (χ3n) is 4.11. The zero-order chi connectivity index (χ0) is 20.0. The van der Waals surface area contributed by atoms with E-state index in [9.17, 15) is 22.7 Å². The normalized spacial score (nSPS) is 11.2. The van der Waals surface area contributed by atoms with Crippen molar-refractivity contribution >= 4 is 27.4 Å². The highest BCUT2D eigenvalue weighted by Crippen LogP contribution is 2.26. The second kappa shape index (κ2) is 8.85. The molecule has 0 aromatic heterocycles. The van der Waals surface area contributed by atoms with Crippen molar-refractivity contribution in [2.45, 2.75) is 31.6 Å². The molecule has 0 radical (unpaired) electrons. The van der Waals surface area contributed by atoms with Crippen LogP contribution in [0.4, 0.5) is 15.8 Å². The summed E-state index contributed by atoms with van der Waals surface area (Å²) in [5.41, 5.74) is 0.697. The van der Waals surface area contributed by atoms with Crippen molar-refractivity contribution < 1.29 is 22.7 Å². The number of unbranched alkanes of at least 4 members (excludes halogenated alkanes) is 1. The largest absolute Gasteiger partial charge is 0.478 e. The molecule has 0 fully saturated rings. The Morgan fingerprint density at radius 1 is 1.15 bits per heavy atom. The van der Waals surface area contributed by atoms with Crippen molar-refractivity contribution in [2.24, 2.45) is 0 Å². The Hall–Kier alpha value is -2.61. The number of hydrogen-bond donors (Lipinski definition) is 2. The second-order valence-electron chi connectivity index (χ2n) is 6.03. The fourth-order valence-corrected chi connectivity index (χ4v) is 3.72. The predicted octanol–water partition coefficient (Wildman–Crippen LogP) is 3.95. The Bertz CT molecular complexity index is 898. The molecule has 0 aliphatic rings. The number of carboxylic acids is 1. The van der Waals surface area contributed by atoms with Crippen LogP contribution in [0.2, 0.25) is 0 Å². The summed E-state index contributed by atoms with van der Waals surface area (Å²) in [6.07, 6.45) is 1.90. The van der Waals surface area contributed by atoms with Crippen molar-refractivity contribution in [1.82, 2.24) is 0 Å². The number of sulfonamides is 1. The third kappa shape index (κ3) is 5.19. The van der Waals surface area contributed by atoms with Crippen LogP contribution in [0, 0.1) is 5.82 Å². The van der Waals surface area contributed by atoms with Gasteiger partial charge < -0.3 is 10.0 Å². The number of nitrogens with zero attached hydrogens (tertiary/aromatic N) is 1. The van der Waals surface area contributed by atoms with Crippen LogP contribution in [0.5, 0.6) is 0 Å². The first-order valence-corrected chi connectivity index (χ1v) is 10.2. The molecule has 0 spiro atoms. The second-order valence-corrected chi connectivity index (χ2v) is 7.71. The summed E-state index contributed by atoms with van der Waals surface area (Å²) in [5.74, 6) is -1.68. The number of carbonyl (C=O) groups is 1. The summed E-state index contributed by atoms with van der Waals surface area (Å²) in [5, 5.41) is 9.56. The molecule has 27 heavy (non-hydrogen) atoms. The van der Waals surface area contributed by atoms with Crippen molar-refractivity contribution in [3.8, 4) is 0 Å². The molecule has 2 rings (SSSR count). The van der Waals surface area contributed by atoms with Crippen LogP contribution in [-0.2, 0) is 10.0 Å². The molecule has 6 nitrogen and oxygen atoms in total. The van der Waals surface area contributed by atoms with Gasteiger partial charge in [-0.2, -0.15) is 0 Å². The van der Waals surface area contributed by atoms with Gasteiger partial charge in [0.2, 0.25) is 0 Å². The van der Waals surface area contributed by atoms with Gasteiger partial charge in [0, 0.05) is 18.8 Å². The van der Waals surface area contributed by atoms with E-state index in [0.717, 1.165) is 37.1 Å². The minimum absolute atomic E-state index is 0.0206. The molecule has 146 valence electrons. The van der Waals surface area contributed by atoms with E-state index in [1.807, 2.05) is 11.8 Å². The summed E-state index contributed by atoms with van der Waals surface area (Å²) >= 11 is 0. The molecule has 2 N–H and O–H groups in total. The lowest BCUT2D eigenvalue weighted by Gasteiger charge is -2.25. The van der Waals surface area contributed by atoms with Crippen LogP contribution in [0.3, 0.4) is 0 Å². The molecule has 2 aromatic carbocycles. The van der Waals surface area contributed by atoms with E-state index < -0.39 is 21.8 Å². The fraction of sp³-hybridized carbons (Fsp3) is 0.316. The zero-order valence-corrected chi connectivity index (χ0v) is 16.1. The van der Waals surface area contributed by atoms with E-state index in [1.54, 1.807) is 6.07 Å². The minimum atomic E-state index is -3.95. The molecule has 0 bridgehead atoms. The third-order valence-corrected chi connectivity index (χ3v) is 5.50. The van der Waals surface area contributed by atoms with Gasteiger partial charge in [0.15, 0.2) is 0 Å². The summed E-state index contributed by atoms with van der Waals surface area (Å²) in [6, 6.07) is 8.82. The van der Waals surface area contributed by atoms with Crippen LogP contribution in [0.15, 0.2) is 47.4 Å². The van der Waals surface area contributed by atoms with Crippen molar-refractivity contribution in [1.29, 1.82) is 0 Å². The molecule has 0 atom stereocenters. The van der Waals surface area contributed by atoms with Gasteiger partial charge in [0.25, 0.3) is 10.0 Å². The Balaban J connectivity index is 2.34. The van der Waals surface area contributed by atoms with E-state index in [2.05, 4.69) is 11.6 Å². The van der Waals surface area contributed by atoms with Gasteiger partial charge in [-0.1, -0.05) is 13.3 Å². The number of halogens is 1. The summed E-state index contributed by atoms with van der Waals surface area (Å²) in [4.78, 5) is 13.5. The molecule has 0 saturated carbocycles. The molecule has 0 aliphatic carbocycles. The van der Waals surface area contributed by atoms with Crippen molar-refractivity contribution in [3.05, 3.63) is 53.8 Å². The Morgan fingerprint density at radius 2 is 1.81 bits per heavy atom. The smallest absolute Gasteiger partial charge is 0.337 e. The standard InChI is InChI=1S/C19H23FN2O4S/c1-3-5-12-22(4-2)18-11-8-15(13-17(18)19(23)24)21-27(25,26)16-9-6-14(20)7-10-16/h6-11,13,21H,3-5,12H2,1-2H3,(H,23,24). The van der Waals surface area contributed by atoms with Gasteiger partial charge in [0.1, 0.15) is 5.82 Å². The average molecular weight is 394 g/mol. The van der Waals surface area contributed by atoms with E-state index in [-0.39, 0.29) is 16.1 Å². The number of nitrogens with one attached hydrogen (secondary N) is 1. The van der Waals surface area contributed by atoms with Gasteiger partial charge in [0.05, 0.1) is 16.1 Å². The van der Waals surface area contributed by atoms with E-state index in [4.69, 9.17) is 0 Å². The summed E-state index contributed by atoms with van der Waals surface area (Å²) < 4.78 is 40.2. The van der Waals surface area contributed by atoms with Crippen LogP contribution >= 0.6 is 0 Å². The molecule has 2 aromatic rings. The minimum Gasteiger partial charge on any atom is -0.478 e. The molecule has 0 aliphatic heterocycles.